The first-order valence-corrected chi connectivity index (χ1v) is 14.7. The topological polar surface area (TPSA) is 69.9 Å². The molecule has 1 aliphatic heterocycles. The van der Waals surface area contributed by atoms with Crippen molar-refractivity contribution in [2.75, 3.05) is 7.11 Å². The summed E-state index contributed by atoms with van der Waals surface area (Å²) in [5.74, 6) is 0.0229. The number of carbonyl (C=O) groups is 1. The maximum Gasteiger partial charge on any atom is 0.338 e. The number of allylic oxidation sites excluding steroid dienone is 1. The predicted octanol–water partition coefficient (Wildman–Crippen LogP) is 6.45. The highest BCUT2D eigenvalue weighted by Gasteiger charge is 2.33. The number of rotatable bonds is 7. The van der Waals surface area contributed by atoms with E-state index in [1.165, 1.54) is 18.4 Å². The van der Waals surface area contributed by atoms with Gasteiger partial charge in [0.05, 0.1) is 33.4 Å². The summed E-state index contributed by atoms with van der Waals surface area (Å²) in [5.41, 5.74) is 3.00. The highest BCUT2D eigenvalue weighted by atomic mass is 79.9. The molecule has 1 atom stereocenters. The third kappa shape index (κ3) is 5.67. The Labute approximate surface area is 252 Å². The Morgan fingerprint density at radius 1 is 1.10 bits per heavy atom. The van der Waals surface area contributed by atoms with Gasteiger partial charge in [-0.05, 0) is 63.8 Å². The van der Waals surface area contributed by atoms with E-state index in [0.717, 1.165) is 11.1 Å². The van der Waals surface area contributed by atoms with Crippen LogP contribution in [0.3, 0.4) is 0 Å². The molecule has 0 saturated heterocycles. The molecular weight excluding hydrogens is 635 g/mol. The van der Waals surface area contributed by atoms with Gasteiger partial charge in [0, 0.05) is 15.6 Å². The van der Waals surface area contributed by atoms with Gasteiger partial charge >= 0.3 is 5.97 Å². The van der Waals surface area contributed by atoms with E-state index < -0.39 is 12.0 Å². The normalized spacial score (nSPS) is 15.0. The van der Waals surface area contributed by atoms with E-state index in [2.05, 4.69) is 15.9 Å². The number of thiazole rings is 1. The number of carbonyl (C=O) groups excluding carboxylic acids is 1. The first-order chi connectivity index (χ1) is 19.3. The molecular formula is C30H23BrCl2N2O4S. The second-order valence-corrected chi connectivity index (χ2v) is 11.7. The monoisotopic (exact) mass is 656 g/mol. The molecule has 0 radical (unpaired) electrons. The van der Waals surface area contributed by atoms with Crippen molar-refractivity contribution in [3.05, 3.63) is 129 Å². The lowest BCUT2D eigenvalue weighted by Crippen LogP contribution is -2.40. The summed E-state index contributed by atoms with van der Waals surface area (Å²) in [7, 11) is 1.33. The van der Waals surface area contributed by atoms with Gasteiger partial charge in [-0.2, -0.15) is 0 Å². The van der Waals surface area contributed by atoms with Gasteiger partial charge in [-0.25, -0.2) is 9.79 Å². The van der Waals surface area contributed by atoms with Crippen LogP contribution in [0.2, 0.25) is 10.0 Å². The molecule has 0 bridgehead atoms. The van der Waals surface area contributed by atoms with Crippen molar-refractivity contribution in [3.63, 3.8) is 0 Å². The van der Waals surface area contributed by atoms with Crippen LogP contribution in [0.15, 0.2) is 92.3 Å². The van der Waals surface area contributed by atoms with Crippen LogP contribution in [0.25, 0.3) is 6.08 Å². The molecule has 204 valence electrons. The Morgan fingerprint density at radius 3 is 2.50 bits per heavy atom. The van der Waals surface area contributed by atoms with E-state index in [1.54, 1.807) is 34.9 Å². The van der Waals surface area contributed by atoms with Crippen molar-refractivity contribution in [2.45, 2.75) is 26.0 Å². The molecule has 0 spiro atoms. The quantitative estimate of drug-likeness (QED) is 0.214. The van der Waals surface area contributed by atoms with E-state index in [4.69, 9.17) is 37.7 Å². The Kier molecular flexibility index (Phi) is 8.61. The number of fused-ring (bicyclic) bond motifs is 1. The Balaban J connectivity index is 1.66. The van der Waals surface area contributed by atoms with Gasteiger partial charge in [0.25, 0.3) is 5.56 Å². The number of halogens is 3. The van der Waals surface area contributed by atoms with Crippen molar-refractivity contribution in [3.8, 4) is 5.75 Å². The zero-order valence-electron chi connectivity index (χ0n) is 21.5. The zero-order chi connectivity index (χ0) is 28.4. The van der Waals surface area contributed by atoms with Crippen LogP contribution in [0, 0.1) is 0 Å². The SMILES string of the molecule is CCC1=C(C(=O)OC)[C@H](c2ccccc2)n2c(s/c(=C/c3cc(Cl)cc(Br)c3OCc3ccc(Cl)cc3)c2=O)=N1. The average molecular weight is 658 g/mol. The molecule has 1 aliphatic rings. The molecule has 1 aromatic heterocycles. The summed E-state index contributed by atoms with van der Waals surface area (Å²) in [6, 6.07) is 19.6. The zero-order valence-corrected chi connectivity index (χ0v) is 25.4. The summed E-state index contributed by atoms with van der Waals surface area (Å²) < 4.78 is 13.9. The first-order valence-electron chi connectivity index (χ1n) is 12.3. The predicted molar refractivity (Wildman–Crippen MR) is 162 cm³/mol. The van der Waals surface area contributed by atoms with Crippen molar-refractivity contribution >= 4 is 62.5 Å². The number of hydrogen-bond acceptors (Lipinski definition) is 6. The van der Waals surface area contributed by atoms with Gasteiger partial charge in [0.15, 0.2) is 4.80 Å². The summed E-state index contributed by atoms with van der Waals surface area (Å²) in [5, 5.41) is 1.12. The van der Waals surface area contributed by atoms with Crippen molar-refractivity contribution in [1.29, 1.82) is 0 Å². The van der Waals surface area contributed by atoms with Gasteiger partial charge in [0.2, 0.25) is 0 Å². The lowest BCUT2D eigenvalue weighted by Gasteiger charge is -2.25. The summed E-state index contributed by atoms with van der Waals surface area (Å²) >= 11 is 17.2. The van der Waals surface area contributed by atoms with E-state index in [0.29, 0.717) is 52.9 Å². The number of methoxy groups -OCH3 is 1. The summed E-state index contributed by atoms with van der Waals surface area (Å²) in [4.78, 5) is 32.1. The standard InChI is InChI=1S/C30H23BrCl2N2O4S/c1-3-23-25(29(37)38-2)26(18-7-5-4-6-8-18)35-28(36)24(40-30(35)34-23)14-19-13-21(33)15-22(31)27(19)39-16-17-9-11-20(32)12-10-17/h4-15,26H,3,16H2,1-2H3/b24-14+/t26-/m0/s1. The highest BCUT2D eigenvalue weighted by molar-refractivity contribution is 9.10. The van der Waals surface area contributed by atoms with Crippen LogP contribution >= 0.6 is 50.5 Å². The molecule has 3 aromatic carbocycles. The molecule has 2 heterocycles. The molecule has 5 rings (SSSR count). The van der Waals surface area contributed by atoms with Crippen molar-refractivity contribution in [1.82, 2.24) is 4.57 Å². The molecule has 10 heteroatoms. The number of nitrogens with zero attached hydrogens (tertiary/aromatic N) is 2. The Hall–Kier alpha value is -3.17. The molecule has 0 unspecified atom stereocenters. The average Bonchev–Trinajstić information content (AvgIpc) is 3.26. The Bertz CT molecular complexity index is 1800. The number of esters is 1. The smallest absolute Gasteiger partial charge is 0.338 e. The third-order valence-corrected chi connectivity index (χ3v) is 8.43. The lowest BCUT2D eigenvalue weighted by atomic mass is 9.95. The molecule has 0 amide bonds. The largest absolute Gasteiger partial charge is 0.487 e. The van der Waals surface area contributed by atoms with E-state index in [1.807, 2.05) is 49.4 Å². The van der Waals surface area contributed by atoms with Gasteiger partial charge in [0.1, 0.15) is 12.4 Å². The fourth-order valence-electron chi connectivity index (χ4n) is 4.53. The molecule has 0 saturated carbocycles. The fourth-order valence-corrected chi connectivity index (χ4v) is 6.62. The van der Waals surface area contributed by atoms with Crippen LogP contribution in [-0.4, -0.2) is 17.6 Å². The van der Waals surface area contributed by atoms with Gasteiger partial charge in [-0.1, -0.05) is 83.9 Å². The number of ether oxygens (including phenoxy) is 2. The van der Waals surface area contributed by atoms with E-state index in [9.17, 15) is 9.59 Å². The minimum Gasteiger partial charge on any atom is -0.487 e. The van der Waals surface area contributed by atoms with Crippen molar-refractivity contribution in [2.24, 2.45) is 4.99 Å². The van der Waals surface area contributed by atoms with Gasteiger partial charge in [-0.3, -0.25) is 9.36 Å². The maximum atomic E-state index is 14.0. The molecule has 0 N–H and O–H groups in total. The highest BCUT2D eigenvalue weighted by Crippen LogP contribution is 2.35. The van der Waals surface area contributed by atoms with E-state index >= 15 is 0 Å². The fraction of sp³-hybridized carbons (Fsp3) is 0.167. The lowest BCUT2D eigenvalue weighted by molar-refractivity contribution is -0.136. The van der Waals surface area contributed by atoms with Crippen LogP contribution in [0.5, 0.6) is 5.75 Å². The minimum atomic E-state index is -0.672. The van der Waals surface area contributed by atoms with Crippen molar-refractivity contribution < 1.29 is 14.3 Å². The van der Waals surface area contributed by atoms with Crippen LogP contribution in [-0.2, 0) is 16.1 Å². The van der Waals surface area contributed by atoms with Gasteiger partial charge in [-0.15, -0.1) is 0 Å². The molecule has 0 fully saturated rings. The van der Waals surface area contributed by atoms with Gasteiger partial charge < -0.3 is 9.47 Å². The number of aromatic nitrogens is 1. The molecule has 40 heavy (non-hydrogen) atoms. The molecule has 4 aromatic rings. The second kappa shape index (κ2) is 12.1. The molecule has 6 nitrogen and oxygen atoms in total. The number of hydrogen-bond donors (Lipinski definition) is 0. The van der Waals surface area contributed by atoms with E-state index in [-0.39, 0.29) is 12.2 Å². The van der Waals surface area contributed by atoms with Crippen LogP contribution in [0.4, 0.5) is 0 Å². The third-order valence-electron chi connectivity index (χ3n) is 6.39. The van der Waals surface area contributed by atoms with Crippen LogP contribution in [0.1, 0.15) is 36.1 Å². The first kappa shape index (κ1) is 28.4. The summed E-state index contributed by atoms with van der Waals surface area (Å²) in [6.07, 6.45) is 2.25. The molecule has 0 aliphatic carbocycles. The summed E-state index contributed by atoms with van der Waals surface area (Å²) in [6.45, 7) is 2.21. The van der Waals surface area contributed by atoms with Crippen LogP contribution < -0.4 is 19.6 Å². The Morgan fingerprint density at radius 2 is 1.82 bits per heavy atom. The minimum absolute atomic E-state index is 0.283. The number of benzene rings is 3. The second-order valence-electron chi connectivity index (χ2n) is 8.92. The maximum absolute atomic E-state index is 14.0.